The third-order valence-corrected chi connectivity index (χ3v) is 9.64. The summed E-state index contributed by atoms with van der Waals surface area (Å²) in [6.07, 6.45) is -1.36. The Hall–Kier alpha value is -3.91. The number of carbonyl (C=O) groups is 2. The average Bonchev–Trinajstić information content (AvgIpc) is 3.63. The standard InChI is InChI=1S/C30H33N5O6S2/c1-20(2)16-34(43(39,40)22-11-12-23-27(15-22)42-19-32-23)17-25(36)24(14-21-8-4-3-5-9-21)33-29(37)26-18-35(30(38)41-26)28-10-6-7-13-31-28/h3-13,15,19-20,24-26,36H,14,16-18H2,1-2H3,(H,33,37)/t24-,25+,26-/m0/s1. The lowest BCUT2D eigenvalue weighted by molar-refractivity contribution is -0.129. The van der Waals surface area contributed by atoms with Crippen LogP contribution in [0, 0.1) is 5.92 Å². The van der Waals surface area contributed by atoms with Gasteiger partial charge in [0.2, 0.25) is 10.0 Å². The highest BCUT2D eigenvalue weighted by atomic mass is 32.2. The van der Waals surface area contributed by atoms with Crippen LogP contribution in [0.5, 0.6) is 0 Å². The van der Waals surface area contributed by atoms with Gasteiger partial charge in [-0.15, -0.1) is 11.3 Å². The van der Waals surface area contributed by atoms with Crippen molar-refractivity contribution in [2.45, 2.75) is 43.4 Å². The maximum absolute atomic E-state index is 13.8. The van der Waals surface area contributed by atoms with Crippen LogP contribution in [0.1, 0.15) is 19.4 Å². The van der Waals surface area contributed by atoms with E-state index in [4.69, 9.17) is 4.74 Å². The fraction of sp³-hybridized carbons (Fsp3) is 0.333. The van der Waals surface area contributed by atoms with Crippen LogP contribution < -0.4 is 10.2 Å². The molecule has 0 saturated carbocycles. The minimum absolute atomic E-state index is 0.0354. The highest BCUT2D eigenvalue weighted by Gasteiger charge is 2.39. The van der Waals surface area contributed by atoms with Crippen molar-refractivity contribution in [1.29, 1.82) is 0 Å². The van der Waals surface area contributed by atoms with Gasteiger partial charge in [-0.05, 0) is 48.2 Å². The first-order valence-electron chi connectivity index (χ1n) is 13.9. The maximum atomic E-state index is 13.8. The van der Waals surface area contributed by atoms with Crippen molar-refractivity contribution in [3.63, 3.8) is 0 Å². The molecule has 2 aromatic heterocycles. The Bertz CT molecular complexity index is 1670. The number of nitrogens with zero attached hydrogens (tertiary/aromatic N) is 4. The molecule has 1 fully saturated rings. The molecule has 3 heterocycles. The number of sulfonamides is 1. The second-order valence-electron chi connectivity index (χ2n) is 10.7. The third kappa shape index (κ3) is 7.19. The highest BCUT2D eigenvalue weighted by molar-refractivity contribution is 7.89. The Morgan fingerprint density at radius 1 is 1.12 bits per heavy atom. The first-order valence-corrected chi connectivity index (χ1v) is 16.2. The zero-order valence-corrected chi connectivity index (χ0v) is 25.4. The van der Waals surface area contributed by atoms with Crippen LogP contribution in [-0.2, 0) is 26.0 Å². The van der Waals surface area contributed by atoms with Crippen molar-refractivity contribution in [3.05, 3.63) is 84.0 Å². The average molecular weight is 624 g/mol. The molecular weight excluding hydrogens is 590 g/mol. The first kappa shape index (κ1) is 30.5. The van der Waals surface area contributed by atoms with Crippen molar-refractivity contribution >= 4 is 49.4 Å². The second-order valence-corrected chi connectivity index (χ2v) is 13.6. The van der Waals surface area contributed by atoms with Crippen molar-refractivity contribution in [2.24, 2.45) is 5.92 Å². The van der Waals surface area contributed by atoms with Gasteiger partial charge in [0.25, 0.3) is 5.91 Å². The molecular formula is C30H33N5O6S2. The first-order chi connectivity index (χ1) is 20.6. The second kappa shape index (κ2) is 13.2. The minimum atomic E-state index is -4.00. The number of benzene rings is 2. The molecule has 0 spiro atoms. The van der Waals surface area contributed by atoms with Gasteiger partial charge < -0.3 is 15.2 Å². The van der Waals surface area contributed by atoms with Gasteiger partial charge in [0.1, 0.15) is 5.82 Å². The molecule has 2 amide bonds. The van der Waals surface area contributed by atoms with Gasteiger partial charge in [-0.25, -0.2) is 23.2 Å². The molecule has 11 nitrogen and oxygen atoms in total. The van der Waals surface area contributed by atoms with Crippen LogP contribution in [0.2, 0.25) is 0 Å². The number of pyridine rings is 1. The number of aliphatic hydroxyl groups is 1. The summed E-state index contributed by atoms with van der Waals surface area (Å²) in [7, 11) is -4.00. The predicted molar refractivity (Wildman–Crippen MR) is 163 cm³/mol. The smallest absolute Gasteiger partial charge is 0.416 e. The molecule has 1 saturated heterocycles. The molecule has 43 heavy (non-hydrogen) atoms. The lowest BCUT2D eigenvalue weighted by Crippen LogP contribution is -2.53. The summed E-state index contributed by atoms with van der Waals surface area (Å²) in [4.78, 5) is 35.6. The van der Waals surface area contributed by atoms with Crippen molar-refractivity contribution in [2.75, 3.05) is 24.5 Å². The maximum Gasteiger partial charge on any atom is 0.416 e. The SMILES string of the molecule is CC(C)CN(C[C@@H](O)[C@H](Cc1ccccc1)NC(=O)[C@@H]1CN(c2ccccn2)C(=O)O1)S(=O)(=O)c1ccc2ncsc2c1. The Kier molecular flexibility index (Phi) is 9.35. The van der Waals surface area contributed by atoms with E-state index >= 15 is 0 Å². The van der Waals surface area contributed by atoms with Crippen LogP contribution in [0.3, 0.4) is 0 Å². The van der Waals surface area contributed by atoms with Crippen LogP contribution in [0.15, 0.2) is 83.3 Å². The van der Waals surface area contributed by atoms with Gasteiger partial charge >= 0.3 is 6.09 Å². The lowest BCUT2D eigenvalue weighted by Gasteiger charge is -2.31. The Balaban J connectivity index is 1.37. The largest absolute Gasteiger partial charge is 0.434 e. The summed E-state index contributed by atoms with van der Waals surface area (Å²) in [6, 6.07) is 18.2. The number of fused-ring (bicyclic) bond motifs is 1. The summed E-state index contributed by atoms with van der Waals surface area (Å²) in [5, 5.41) is 14.3. The van der Waals surface area contributed by atoms with Crippen molar-refractivity contribution in [3.8, 4) is 0 Å². The molecule has 3 atom stereocenters. The van der Waals surface area contributed by atoms with Gasteiger partial charge in [-0.2, -0.15) is 4.31 Å². The van der Waals surface area contributed by atoms with Crippen LogP contribution in [0.4, 0.5) is 10.6 Å². The Morgan fingerprint density at radius 2 is 1.88 bits per heavy atom. The molecule has 0 unspecified atom stereocenters. The molecule has 0 aliphatic carbocycles. The van der Waals surface area contributed by atoms with Crippen molar-refractivity contribution in [1.82, 2.24) is 19.6 Å². The summed E-state index contributed by atoms with van der Waals surface area (Å²) in [5.41, 5.74) is 3.20. The Labute approximate surface area is 254 Å². The zero-order chi connectivity index (χ0) is 30.6. The fourth-order valence-corrected chi connectivity index (χ4v) is 7.32. The topological polar surface area (TPSA) is 142 Å². The van der Waals surface area contributed by atoms with Gasteiger partial charge in [0.15, 0.2) is 6.10 Å². The normalized spacial score (nSPS) is 16.9. The van der Waals surface area contributed by atoms with E-state index in [0.717, 1.165) is 10.3 Å². The number of carbonyl (C=O) groups excluding carboxylic acids is 2. The fourth-order valence-electron chi connectivity index (χ4n) is 4.89. The van der Waals surface area contributed by atoms with E-state index in [-0.39, 0.29) is 36.9 Å². The van der Waals surface area contributed by atoms with Crippen molar-refractivity contribution < 1.29 is 27.9 Å². The molecule has 13 heteroatoms. The zero-order valence-electron chi connectivity index (χ0n) is 23.7. The number of ether oxygens (including phenoxy) is 1. The van der Waals surface area contributed by atoms with Crippen LogP contribution in [-0.4, -0.2) is 77.7 Å². The minimum Gasteiger partial charge on any atom is -0.434 e. The summed E-state index contributed by atoms with van der Waals surface area (Å²) < 4.78 is 35.0. The lowest BCUT2D eigenvalue weighted by atomic mass is 10.0. The van der Waals surface area contributed by atoms with Crippen LogP contribution >= 0.6 is 11.3 Å². The van der Waals surface area contributed by atoms with E-state index in [1.54, 1.807) is 35.8 Å². The summed E-state index contributed by atoms with van der Waals surface area (Å²) >= 11 is 1.35. The van der Waals surface area contributed by atoms with Gasteiger partial charge in [0, 0.05) is 19.3 Å². The highest BCUT2D eigenvalue weighted by Crippen LogP contribution is 2.25. The van der Waals surface area contributed by atoms with Crippen LogP contribution in [0.25, 0.3) is 10.2 Å². The number of aliphatic hydroxyl groups excluding tert-OH is 1. The molecule has 2 aromatic carbocycles. The quantitative estimate of drug-likeness (QED) is 0.244. The summed E-state index contributed by atoms with van der Waals surface area (Å²) in [5.74, 6) is -0.276. The number of hydrogen-bond acceptors (Lipinski definition) is 9. The molecule has 0 bridgehead atoms. The molecule has 1 aliphatic rings. The van der Waals surface area contributed by atoms with E-state index in [1.165, 1.54) is 32.8 Å². The number of thiazole rings is 1. The van der Waals surface area contributed by atoms with E-state index < -0.39 is 40.3 Å². The predicted octanol–water partition coefficient (Wildman–Crippen LogP) is 3.45. The van der Waals surface area contributed by atoms with Gasteiger partial charge in [-0.1, -0.05) is 50.2 Å². The van der Waals surface area contributed by atoms with Gasteiger partial charge in [-0.3, -0.25) is 9.69 Å². The molecule has 5 rings (SSSR count). The van der Waals surface area contributed by atoms with E-state index in [9.17, 15) is 23.1 Å². The Morgan fingerprint density at radius 3 is 2.60 bits per heavy atom. The van der Waals surface area contributed by atoms with E-state index in [0.29, 0.717) is 11.3 Å². The molecule has 1 aliphatic heterocycles. The number of rotatable bonds is 12. The monoisotopic (exact) mass is 623 g/mol. The third-order valence-electron chi connectivity index (χ3n) is 7.02. The molecule has 226 valence electrons. The molecule has 4 aromatic rings. The number of anilines is 1. The number of amides is 2. The molecule has 0 radical (unpaired) electrons. The van der Waals surface area contributed by atoms with E-state index in [1.807, 2.05) is 44.2 Å². The number of nitrogens with one attached hydrogen (secondary N) is 1. The van der Waals surface area contributed by atoms with E-state index in [2.05, 4.69) is 15.3 Å². The number of cyclic esters (lactones) is 1. The summed E-state index contributed by atoms with van der Waals surface area (Å²) in [6.45, 7) is 3.64. The number of hydrogen-bond donors (Lipinski definition) is 2. The molecule has 2 N–H and O–H groups in total. The number of aromatic nitrogens is 2. The van der Waals surface area contributed by atoms with Gasteiger partial charge in [0.05, 0.1) is 39.3 Å².